The largest absolute Gasteiger partial charge is 0.342 e. The van der Waals surface area contributed by atoms with Gasteiger partial charge in [0.1, 0.15) is 0 Å². The third-order valence-corrected chi connectivity index (χ3v) is 3.80. The van der Waals surface area contributed by atoms with Gasteiger partial charge in [0.2, 0.25) is 5.91 Å². The molecule has 1 amide bonds. The van der Waals surface area contributed by atoms with Gasteiger partial charge in [-0.25, -0.2) is 0 Å². The number of rotatable bonds is 4. The van der Waals surface area contributed by atoms with Crippen LogP contribution in [0, 0.1) is 11.3 Å². The summed E-state index contributed by atoms with van der Waals surface area (Å²) in [4.78, 5) is 14.1. The van der Waals surface area contributed by atoms with E-state index in [0.717, 1.165) is 26.1 Å². The van der Waals surface area contributed by atoms with Crippen LogP contribution in [0.25, 0.3) is 0 Å². The zero-order chi connectivity index (χ0) is 13.1. The number of nitrogens with zero attached hydrogens (tertiary/aromatic N) is 1. The van der Waals surface area contributed by atoms with Crippen LogP contribution in [0.15, 0.2) is 0 Å². The van der Waals surface area contributed by atoms with Crippen molar-refractivity contribution in [2.75, 3.05) is 19.6 Å². The lowest BCUT2D eigenvalue weighted by Gasteiger charge is -2.27. The smallest absolute Gasteiger partial charge is 0.224 e. The number of hydrogen-bond donors (Lipinski definition) is 1. The minimum absolute atomic E-state index is 0.293. The maximum Gasteiger partial charge on any atom is 0.224 e. The lowest BCUT2D eigenvalue weighted by Crippen LogP contribution is -2.36. The Kier molecular flexibility index (Phi) is 4.99. The third kappa shape index (κ3) is 4.30. The molecule has 3 nitrogen and oxygen atoms in total. The highest BCUT2D eigenvalue weighted by atomic mass is 16.2. The molecule has 2 unspecified atom stereocenters. The van der Waals surface area contributed by atoms with Crippen LogP contribution in [-0.2, 0) is 4.79 Å². The molecule has 17 heavy (non-hydrogen) atoms. The topological polar surface area (TPSA) is 32.3 Å². The summed E-state index contributed by atoms with van der Waals surface area (Å²) in [5.74, 6) is 0.964. The van der Waals surface area contributed by atoms with Crippen LogP contribution >= 0.6 is 0 Å². The summed E-state index contributed by atoms with van der Waals surface area (Å²) in [6.45, 7) is 13.8. The van der Waals surface area contributed by atoms with Gasteiger partial charge in [-0.1, -0.05) is 27.7 Å². The Morgan fingerprint density at radius 1 is 1.47 bits per heavy atom. The summed E-state index contributed by atoms with van der Waals surface area (Å²) in [7, 11) is 0. The van der Waals surface area contributed by atoms with Gasteiger partial charge in [-0.15, -0.1) is 0 Å². The van der Waals surface area contributed by atoms with E-state index < -0.39 is 0 Å². The van der Waals surface area contributed by atoms with E-state index in [9.17, 15) is 4.79 Å². The first-order valence-electron chi connectivity index (χ1n) is 6.85. The van der Waals surface area contributed by atoms with Gasteiger partial charge in [0.05, 0.1) is 0 Å². The second-order valence-electron chi connectivity index (χ2n) is 6.35. The van der Waals surface area contributed by atoms with E-state index in [4.69, 9.17) is 0 Å². The van der Waals surface area contributed by atoms with E-state index >= 15 is 0 Å². The Hall–Kier alpha value is -0.570. The normalized spacial score (nSPS) is 22.9. The van der Waals surface area contributed by atoms with E-state index in [-0.39, 0.29) is 0 Å². The molecule has 0 spiro atoms. The highest BCUT2D eigenvalue weighted by molar-refractivity contribution is 5.77. The quantitative estimate of drug-likeness (QED) is 0.817. The fraction of sp³-hybridized carbons (Fsp3) is 0.929. The predicted octanol–water partition coefficient (Wildman–Crippen LogP) is 2.27. The minimum Gasteiger partial charge on any atom is -0.342 e. The molecule has 0 saturated carbocycles. The number of carbonyl (C=O) groups is 1. The summed E-state index contributed by atoms with van der Waals surface area (Å²) >= 11 is 0. The van der Waals surface area contributed by atoms with Crippen LogP contribution in [0.4, 0.5) is 0 Å². The zero-order valence-electron chi connectivity index (χ0n) is 12.0. The SMILES string of the molecule is CCNC(C)CC(=O)N1CCC(C(C)(C)C)C1. The molecule has 1 aliphatic heterocycles. The molecule has 0 aromatic rings. The Bertz CT molecular complexity index is 257. The maximum atomic E-state index is 12.1. The predicted molar refractivity (Wildman–Crippen MR) is 71.9 cm³/mol. The third-order valence-electron chi connectivity index (χ3n) is 3.80. The molecular weight excluding hydrogens is 212 g/mol. The molecule has 0 bridgehead atoms. The van der Waals surface area contributed by atoms with Crippen LogP contribution < -0.4 is 5.32 Å². The second kappa shape index (κ2) is 5.85. The van der Waals surface area contributed by atoms with Crippen molar-refractivity contribution in [2.45, 2.75) is 53.5 Å². The fourth-order valence-electron chi connectivity index (χ4n) is 2.51. The summed E-state index contributed by atoms with van der Waals surface area (Å²) in [5, 5.41) is 3.29. The van der Waals surface area contributed by atoms with Crippen molar-refractivity contribution in [1.29, 1.82) is 0 Å². The van der Waals surface area contributed by atoms with E-state index in [1.165, 1.54) is 0 Å². The average Bonchev–Trinajstić information content (AvgIpc) is 2.65. The van der Waals surface area contributed by atoms with Crippen molar-refractivity contribution in [3.63, 3.8) is 0 Å². The molecule has 1 heterocycles. The number of hydrogen-bond acceptors (Lipinski definition) is 2. The van der Waals surface area contributed by atoms with Crippen LogP contribution in [0.3, 0.4) is 0 Å². The van der Waals surface area contributed by atoms with Crippen LogP contribution in [0.1, 0.15) is 47.5 Å². The van der Waals surface area contributed by atoms with Crippen molar-refractivity contribution in [3.8, 4) is 0 Å². The Balaban J connectivity index is 2.40. The lowest BCUT2D eigenvalue weighted by atomic mass is 9.80. The van der Waals surface area contributed by atoms with Gasteiger partial charge >= 0.3 is 0 Å². The summed E-state index contributed by atoms with van der Waals surface area (Å²) < 4.78 is 0. The van der Waals surface area contributed by atoms with Gasteiger partial charge < -0.3 is 10.2 Å². The summed E-state index contributed by atoms with van der Waals surface area (Å²) in [6.07, 6.45) is 1.79. The van der Waals surface area contributed by atoms with Gasteiger partial charge in [0.25, 0.3) is 0 Å². The molecule has 0 aromatic carbocycles. The van der Waals surface area contributed by atoms with Gasteiger partial charge in [0, 0.05) is 25.6 Å². The number of carbonyl (C=O) groups excluding carboxylic acids is 1. The van der Waals surface area contributed by atoms with Crippen molar-refractivity contribution in [2.24, 2.45) is 11.3 Å². The number of amides is 1. The Morgan fingerprint density at radius 3 is 2.59 bits per heavy atom. The molecule has 1 fully saturated rings. The van der Waals surface area contributed by atoms with Crippen molar-refractivity contribution >= 4 is 5.91 Å². The van der Waals surface area contributed by atoms with Crippen molar-refractivity contribution in [3.05, 3.63) is 0 Å². The maximum absolute atomic E-state index is 12.1. The van der Waals surface area contributed by atoms with Crippen molar-refractivity contribution < 1.29 is 4.79 Å². The molecule has 1 saturated heterocycles. The number of nitrogens with one attached hydrogen (secondary N) is 1. The summed E-state index contributed by atoms with van der Waals surface area (Å²) in [6, 6.07) is 0.293. The van der Waals surface area contributed by atoms with E-state index in [1.54, 1.807) is 0 Å². The Labute approximate surface area is 106 Å². The zero-order valence-corrected chi connectivity index (χ0v) is 12.0. The van der Waals surface area contributed by atoms with Gasteiger partial charge in [-0.05, 0) is 31.2 Å². The lowest BCUT2D eigenvalue weighted by molar-refractivity contribution is -0.130. The molecule has 1 rings (SSSR count). The van der Waals surface area contributed by atoms with Gasteiger partial charge in [0.15, 0.2) is 0 Å². The van der Waals surface area contributed by atoms with Gasteiger partial charge in [-0.2, -0.15) is 0 Å². The van der Waals surface area contributed by atoms with E-state index in [2.05, 4.69) is 39.9 Å². The monoisotopic (exact) mass is 240 g/mol. The molecule has 1 aliphatic rings. The van der Waals surface area contributed by atoms with Crippen LogP contribution in [0.2, 0.25) is 0 Å². The molecule has 2 atom stereocenters. The van der Waals surface area contributed by atoms with E-state index in [0.29, 0.717) is 29.7 Å². The molecule has 1 N–H and O–H groups in total. The highest BCUT2D eigenvalue weighted by Gasteiger charge is 2.33. The second-order valence-corrected chi connectivity index (χ2v) is 6.35. The van der Waals surface area contributed by atoms with Crippen LogP contribution in [0.5, 0.6) is 0 Å². The van der Waals surface area contributed by atoms with Gasteiger partial charge in [-0.3, -0.25) is 4.79 Å². The first kappa shape index (κ1) is 14.5. The first-order chi connectivity index (χ1) is 7.84. The summed E-state index contributed by atoms with van der Waals surface area (Å²) in [5.41, 5.74) is 0.322. The highest BCUT2D eigenvalue weighted by Crippen LogP contribution is 2.33. The van der Waals surface area contributed by atoms with E-state index in [1.807, 2.05) is 4.90 Å². The Morgan fingerprint density at radius 2 is 2.12 bits per heavy atom. The standard InChI is InChI=1S/C14H28N2O/c1-6-15-11(2)9-13(17)16-8-7-12(10-16)14(3,4)5/h11-12,15H,6-10H2,1-5H3. The number of likely N-dealkylation sites (tertiary alicyclic amines) is 1. The molecular formula is C14H28N2O. The first-order valence-corrected chi connectivity index (χ1v) is 6.85. The molecule has 0 radical (unpaired) electrons. The molecule has 0 aromatic heterocycles. The average molecular weight is 240 g/mol. The molecule has 3 heteroatoms. The fourth-order valence-corrected chi connectivity index (χ4v) is 2.51. The minimum atomic E-state index is 0.293. The van der Waals surface area contributed by atoms with Crippen molar-refractivity contribution in [1.82, 2.24) is 10.2 Å². The molecule has 0 aliphatic carbocycles. The molecule has 100 valence electrons. The van der Waals surface area contributed by atoms with Crippen LogP contribution in [-0.4, -0.2) is 36.5 Å².